The van der Waals surface area contributed by atoms with Gasteiger partial charge in [0.25, 0.3) is 5.56 Å². The molecule has 0 unspecified atom stereocenters. The van der Waals surface area contributed by atoms with Gasteiger partial charge in [0.2, 0.25) is 0 Å². The summed E-state index contributed by atoms with van der Waals surface area (Å²) in [4.78, 5) is 32.6. The number of hydrogen-bond acceptors (Lipinski definition) is 5. The van der Waals surface area contributed by atoms with Crippen molar-refractivity contribution in [2.45, 2.75) is 67.3 Å². The van der Waals surface area contributed by atoms with Crippen LogP contribution in [0, 0.1) is 27.7 Å². The highest BCUT2D eigenvalue weighted by molar-refractivity contribution is 7.07. The number of aromatic nitrogens is 2. The predicted molar refractivity (Wildman–Crippen MR) is 166 cm³/mol. The molecule has 6 nitrogen and oxygen atoms in total. The number of carbonyl (C=O) groups excluding carboxylic acids is 1. The number of nitrogens with zero attached hydrogens (tertiary/aromatic N) is 3. The van der Waals surface area contributed by atoms with Crippen LogP contribution in [-0.4, -0.2) is 21.7 Å². The van der Waals surface area contributed by atoms with Crippen molar-refractivity contribution in [1.29, 1.82) is 0 Å². The quantitative estimate of drug-likeness (QED) is 0.271. The van der Waals surface area contributed by atoms with Gasteiger partial charge >= 0.3 is 5.97 Å². The van der Waals surface area contributed by atoms with Gasteiger partial charge in [-0.3, -0.25) is 9.36 Å². The minimum atomic E-state index is -0.614. The first-order valence-corrected chi connectivity index (χ1v) is 14.9. The van der Waals surface area contributed by atoms with Crippen molar-refractivity contribution in [3.63, 3.8) is 0 Å². The topological polar surface area (TPSA) is 65.6 Å². The van der Waals surface area contributed by atoms with Crippen LogP contribution in [0.5, 0.6) is 0 Å². The maximum Gasteiger partial charge on any atom is 0.338 e. The van der Waals surface area contributed by atoms with Gasteiger partial charge in [-0.25, -0.2) is 9.79 Å². The van der Waals surface area contributed by atoms with Crippen LogP contribution in [0.4, 0.5) is 0 Å². The fourth-order valence-corrected chi connectivity index (χ4v) is 6.76. The van der Waals surface area contributed by atoms with E-state index in [-0.39, 0.29) is 12.2 Å². The fourth-order valence-electron chi connectivity index (χ4n) is 5.72. The number of allylic oxidation sites excluding steroid dienone is 1. The molecule has 0 aliphatic carbocycles. The van der Waals surface area contributed by atoms with Gasteiger partial charge in [0.05, 0.1) is 28.5 Å². The van der Waals surface area contributed by atoms with Crippen molar-refractivity contribution in [3.8, 4) is 5.69 Å². The lowest BCUT2D eigenvalue weighted by atomic mass is 9.93. The molecule has 7 heteroatoms. The molecule has 0 bridgehead atoms. The maximum absolute atomic E-state index is 14.1. The number of esters is 1. The van der Waals surface area contributed by atoms with Crippen LogP contribution < -0.4 is 14.9 Å². The number of fused-ring (bicyclic) bond motifs is 1. The first-order chi connectivity index (χ1) is 19.5. The van der Waals surface area contributed by atoms with E-state index < -0.39 is 12.0 Å². The number of carbonyl (C=O) groups is 1. The molecule has 1 atom stereocenters. The molecular formula is C34H37N3O3S. The zero-order valence-corrected chi connectivity index (χ0v) is 25.8. The molecule has 2 aromatic heterocycles. The molecule has 212 valence electrons. The van der Waals surface area contributed by atoms with E-state index in [0.29, 0.717) is 26.5 Å². The van der Waals surface area contributed by atoms with Gasteiger partial charge in [0, 0.05) is 17.1 Å². The summed E-state index contributed by atoms with van der Waals surface area (Å²) in [7, 11) is 0. The highest BCUT2D eigenvalue weighted by Gasteiger charge is 2.33. The Bertz CT molecular complexity index is 1850. The van der Waals surface area contributed by atoms with Gasteiger partial charge in [-0.2, -0.15) is 0 Å². The van der Waals surface area contributed by atoms with Crippen molar-refractivity contribution in [2.24, 2.45) is 4.99 Å². The third-order valence-corrected chi connectivity index (χ3v) is 8.64. The number of hydrogen-bond donors (Lipinski definition) is 0. The molecular weight excluding hydrogens is 530 g/mol. The molecule has 1 aliphatic rings. The SMILES string of the molecule is CCOC(=O)C1=C(C)N=c2s/c(=C/c3cc(C)n(-c4cc(C)cc(C)c4)c3C)c(=O)n2[C@@H]1c1ccc(C(C)C)cc1. The van der Waals surface area contributed by atoms with E-state index in [4.69, 9.17) is 9.73 Å². The summed E-state index contributed by atoms with van der Waals surface area (Å²) in [6.45, 7) is 16.5. The van der Waals surface area contributed by atoms with E-state index >= 15 is 0 Å². The smallest absolute Gasteiger partial charge is 0.338 e. The number of benzene rings is 2. The molecule has 4 aromatic rings. The molecule has 0 radical (unpaired) electrons. The molecule has 41 heavy (non-hydrogen) atoms. The third kappa shape index (κ3) is 5.26. The Morgan fingerprint density at radius 2 is 1.68 bits per heavy atom. The van der Waals surface area contributed by atoms with Crippen LogP contribution in [0.25, 0.3) is 11.8 Å². The van der Waals surface area contributed by atoms with Crippen LogP contribution in [0.3, 0.4) is 0 Å². The Balaban J connectivity index is 1.68. The largest absolute Gasteiger partial charge is 0.463 e. The van der Waals surface area contributed by atoms with Gasteiger partial charge in [-0.05, 0) is 99.6 Å². The van der Waals surface area contributed by atoms with Crippen LogP contribution >= 0.6 is 11.3 Å². The number of rotatable bonds is 6. The number of aryl methyl sites for hydroxylation is 3. The minimum Gasteiger partial charge on any atom is -0.463 e. The maximum atomic E-state index is 14.1. The van der Waals surface area contributed by atoms with Crippen LogP contribution in [0.1, 0.15) is 78.9 Å². The first-order valence-electron chi connectivity index (χ1n) is 14.1. The molecule has 0 amide bonds. The normalized spacial score (nSPS) is 15.3. The molecule has 3 heterocycles. The first kappa shape index (κ1) is 28.6. The van der Waals surface area contributed by atoms with Gasteiger partial charge in [-0.15, -0.1) is 0 Å². The molecule has 0 saturated heterocycles. The van der Waals surface area contributed by atoms with Crippen LogP contribution in [0.15, 0.2) is 69.6 Å². The van der Waals surface area contributed by atoms with Crippen molar-refractivity contribution in [1.82, 2.24) is 9.13 Å². The highest BCUT2D eigenvalue weighted by Crippen LogP contribution is 2.31. The average Bonchev–Trinajstić information content (AvgIpc) is 3.36. The molecule has 1 aliphatic heterocycles. The number of thiazole rings is 1. The highest BCUT2D eigenvalue weighted by atomic mass is 32.1. The van der Waals surface area contributed by atoms with E-state index in [2.05, 4.69) is 82.5 Å². The molecule has 0 spiro atoms. The van der Waals surface area contributed by atoms with Crippen molar-refractivity contribution in [2.75, 3.05) is 6.61 Å². The zero-order valence-electron chi connectivity index (χ0n) is 25.0. The molecule has 0 fully saturated rings. The van der Waals surface area contributed by atoms with Crippen molar-refractivity contribution >= 4 is 23.4 Å². The zero-order chi connectivity index (χ0) is 29.6. The Morgan fingerprint density at radius 3 is 2.29 bits per heavy atom. The summed E-state index contributed by atoms with van der Waals surface area (Å²) in [6, 6.07) is 16.2. The fraction of sp³-hybridized carbons (Fsp3) is 0.324. The summed E-state index contributed by atoms with van der Waals surface area (Å²) in [5, 5.41) is 0. The Labute approximate surface area is 245 Å². The van der Waals surface area contributed by atoms with Gasteiger partial charge < -0.3 is 9.30 Å². The van der Waals surface area contributed by atoms with E-state index in [1.807, 2.05) is 25.1 Å². The van der Waals surface area contributed by atoms with Crippen LogP contribution in [0.2, 0.25) is 0 Å². The second-order valence-electron chi connectivity index (χ2n) is 11.1. The summed E-state index contributed by atoms with van der Waals surface area (Å²) in [6.07, 6.45) is 1.95. The summed E-state index contributed by atoms with van der Waals surface area (Å²) in [5.74, 6) is -0.0754. The molecule has 0 N–H and O–H groups in total. The minimum absolute atomic E-state index is 0.169. The Hall–Kier alpha value is -3.97. The van der Waals surface area contributed by atoms with E-state index in [9.17, 15) is 9.59 Å². The van der Waals surface area contributed by atoms with E-state index in [1.54, 1.807) is 11.5 Å². The molecule has 2 aromatic carbocycles. The average molecular weight is 568 g/mol. The van der Waals surface area contributed by atoms with E-state index in [0.717, 1.165) is 28.2 Å². The van der Waals surface area contributed by atoms with Crippen molar-refractivity contribution < 1.29 is 9.53 Å². The molecule has 0 saturated carbocycles. The monoisotopic (exact) mass is 567 g/mol. The standard InChI is InChI=1S/C34H37N3O3S/c1-9-40-33(39)30-23(7)35-34-37(31(30)26-12-10-25(11-13-26)19(2)3)32(38)29(41-34)18-27-17-22(6)36(24(27)8)28-15-20(4)14-21(5)16-28/h10-19,31H,9H2,1-8H3/b29-18+/t31-/m1/s1. The van der Waals surface area contributed by atoms with Crippen molar-refractivity contribution in [3.05, 3.63) is 119 Å². The lowest BCUT2D eigenvalue weighted by Gasteiger charge is -2.25. The third-order valence-electron chi connectivity index (χ3n) is 7.66. The second kappa shape index (κ2) is 11.1. The lowest BCUT2D eigenvalue weighted by molar-refractivity contribution is -0.139. The summed E-state index contributed by atoms with van der Waals surface area (Å²) >= 11 is 1.35. The Kier molecular flexibility index (Phi) is 7.75. The van der Waals surface area contributed by atoms with E-state index in [1.165, 1.54) is 28.0 Å². The Morgan fingerprint density at radius 1 is 1.02 bits per heavy atom. The van der Waals surface area contributed by atoms with Gasteiger partial charge in [0.15, 0.2) is 4.80 Å². The predicted octanol–water partition coefficient (Wildman–Crippen LogP) is 5.95. The summed E-state index contributed by atoms with van der Waals surface area (Å²) in [5.41, 5.74) is 9.50. The molecule has 5 rings (SSSR count). The van der Waals surface area contributed by atoms with Gasteiger partial charge in [0.1, 0.15) is 0 Å². The van der Waals surface area contributed by atoms with Gasteiger partial charge in [-0.1, -0.05) is 55.5 Å². The number of ether oxygens (including phenoxy) is 1. The summed E-state index contributed by atoms with van der Waals surface area (Å²) < 4.78 is 9.89. The lowest BCUT2D eigenvalue weighted by Crippen LogP contribution is -2.39. The van der Waals surface area contributed by atoms with Crippen LogP contribution in [-0.2, 0) is 9.53 Å². The second-order valence-corrected chi connectivity index (χ2v) is 12.1.